The van der Waals surface area contributed by atoms with Gasteiger partial charge in [0.25, 0.3) is 0 Å². The minimum Gasteiger partial charge on any atom is -0.320 e. The van der Waals surface area contributed by atoms with Crippen molar-refractivity contribution in [3.8, 4) is 11.8 Å². The van der Waals surface area contributed by atoms with E-state index in [4.69, 9.17) is 0 Å². The first-order valence-electron chi connectivity index (χ1n) is 7.42. The minimum atomic E-state index is -0.230. The number of anilines is 1. The van der Waals surface area contributed by atoms with E-state index < -0.39 is 0 Å². The van der Waals surface area contributed by atoms with E-state index in [0.717, 1.165) is 11.1 Å². The Morgan fingerprint density at radius 1 is 1.04 bits per heavy atom. The van der Waals surface area contributed by atoms with Crippen LogP contribution in [0, 0.1) is 11.8 Å². The zero-order valence-electron chi connectivity index (χ0n) is 13.4. The monoisotopic (exact) mass is 306 g/mol. The van der Waals surface area contributed by atoms with Gasteiger partial charge in [-0.25, -0.2) is 14.8 Å². The maximum atomic E-state index is 12.3. The molecule has 0 spiro atoms. The standard InChI is InChI=1S/C18H18N4O/c1-18(2)13-22(17(23)21(18)3)16-19-11-15(12-20-16)10-9-14-7-5-4-6-8-14/h4-8,11-12H,13H2,1-3H3. The predicted octanol–water partition coefficient (Wildman–Crippen LogP) is 2.53. The first-order chi connectivity index (χ1) is 11.0. The van der Waals surface area contributed by atoms with E-state index >= 15 is 0 Å². The number of urea groups is 1. The van der Waals surface area contributed by atoms with Crippen LogP contribution in [0.5, 0.6) is 0 Å². The smallest absolute Gasteiger partial charge is 0.320 e. The van der Waals surface area contributed by atoms with Gasteiger partial charge in [0.05, 0.1) is 17.6 Å². The summed E-state index contributed by atoms with van der Waals surface area (Å²) in [6.07, 6.45) is 3.30. The number of amides is 2. The summed E-state index contributed by atoms with van der Waals surface area (Å²) in [5.41, 5.74) is 1.43. The van der Waals surface area contributed by atoms with E-state index in [-0.39, 0.29) is 11.6 Å². The predicted molar refractivity (Wildman–Crippen MR) is 89.0 cm³/mol. The van der Waals surface area contributed by atoms with Crippen molar-refractivity contribution in [1.82, 2.24) is 14.9 Å². The van der Waals surface area contributed by atoms with Gasteiger partial charge in [0.1, 0.15) is 0 Å². The highest BCUT2D eigenvalue weighted by Crippen LogP contribution is 2.26. The van der Waals surface area contributed by atoms with Crippen molar-refractivity contribution < 1.29 is 4.79 Å². The fourth-order valence-corrected chi connectivity index (χ4v) is 2.35. The van der Waals surface area contributed by atoms with Gasteiger partial charge in [0.15, 0.2) is 0 Å². The molecule has 2 heterocycles. The summed E-state index contributed by atoms with van der Waals surface area (Å²) in [6, 6.07) is 9.65. The number of aromatic nitrogens is 2. The second kappa shape index (κ2) is 5.73. The molecule has 1 aromatic carbocycles. The average Bonchev–Trinajstić information content (AvgIpc) is 2.78. The molecule has 1 aromatic heterocycles. The van der Waals surface area contributed by atoms with Gasteiger partial charge < -0.3 is 4.90 Å². The molecule has 0 N–H and O–H groups in total. The summed E-state index contributed by atoms with van der Waals surface area (Å²) in [4.78, 5) is 24.1. The molecule has 1 aliphatic heterocycles. The van der Waals surface area contributed by atoms with Crippen LogP contribution in [0.1, 0.15) is 25.0 Å². The van der Waals surface area contributed by atoms with Crippen molar-refractivity contribution in [2.75, 3.05) is 18.5 Å². The van der Waals surface area contributed by atoms with Gasteiger partial charge in [0.2, 0.25) is 5.95 Å². The zero-order valence-corrected chi connectivity index (χ0v) is 13.4. The van der Waals surface area contributed by atoms with Crippen LogP contribution >= 0.6 is 0 Å². The summed E-state index contributed by atoms with van der Waals surface area (Å²) in [5.74, 6) is 6.50. The molecule has 3 rings (SSSR count). The Bertz CT molecular complexity index is 772. The highest BCUT2D eigenvalue weighted by molar-refractivity contribution is 5.93. The van der Waals surface area contributed by atoms with Crippen LogP contribution in [0.3, 0.4) is 0 Å². The molecule has 1 fully saturated rings. The number of carbonyl (C=O) groups excluding carboxylic acids is 1. The third-order valence-corrected chi connectivity index (χ3v) is 3.98. The number of likely N-dealkylation sites (N-methyl/N-ethyl adjacent to an activating group) is 1. The molecule has 2 amide bonds. The van der Waals surface area contributed by atoms with Crippen LogP contribution in [0.15, 0.2) is 42.7 Å². The zero-order chi connectivity index (χ0) is 16.4. The molecule has 1 saturated heterocycles. The van der Waals surface area contributed by atoms with Crippen molar-refractivity contribution >= 4 is 12.0 Å². The van der Waals surface area contributed by atoms with Crippen LogP contribution in [-0.4, -0.2) is 40.0 Å². The van der Waals surface area contributed by atoms with Gasteiger partial charge in [-0.15, -0.1) is 0 Å². The summed E-state index contributed by atoms with van der Waals surface area (Å²) in [5, 5.41) is 0. The quantitative estimate of drug-likeness (QED) is 0.761. The van der Waals surface area contributed by atoms with Gasteiger partial charge in [0, 0.05) is 25.0 Å². The van der Waals surface area contributed by atoms with Crippen molar-refractivity contribution in [1.29, 1.82) is 0 Å². The van der Waals surface area contributed by atoms with E-state index in [9.17, 15) is 4.79 Å². The number of rotatable bonds is 1. The lowest BCUT2D eigenvalue weighted by atomic mass is 10.1. The van der Waals surface area contributed by atoms with E-state index in [1.807, 2.05) is 44.2 Å². The highest BCUT2D eigenvalue weighted by atomic mass is 16.2. The maximum Gasteiger partial charge on any atom is 0.327 e. The first-order valence-corrected chi connectivity index (χ1v) is 7.42. The summed E-state index contributed by atoms with van der Waals surface area (Å²) >= 11 is 0. The minimum absolute atomic E-state index is 0.0851. The third kappa shape index (κ3) is 3.02. The van der Waals surface area contributed by atoms with E-state index in [0.29, 0.717) is 12.5 Å². The average molecular weight is 306 g/mol. The third-order valence-electron chi connectivity index (χ3n) is 3.98. The van der Waals surface area contributed by atoms with Gasteiger partial charge in [-0.1, -0.05) is 30.0 Å². The van der Waals surface area contributed by atoms with Crippen LogP contribution in [0.2, 0.25) is 0 Å². The Hall–Kier alpha value is -2.87. The fourth-order valence-electron chi connectivity index (χ4n) is 2.35. The lowest BCUT2D eigenvalue weighted by molar-refractivity contribution is 0.198. The molecule has 116 valence electrons. The number of benzene rings is 1. The molecule has 1 aliphatic rings. The van der Waals surface area contributed by atoms with Crippen molar-refractivity contribution in [3.05, 3.63) is 53.9 Å². The molecule has 0 saturated carbocycles. The Morgan fingerprint density at radius 2 is 1.65 bits per heavy atom. The second-order valence-corrected chi connectivity index (χ2v) is 6.13. The number of hydrogen-bond donors (Lipinski definition) is 0. The first kappa shape index (κ1) is 15.0. The van der Waals surface area contributed by atoms with Crippen LogP contribution in [0.4, 0.5) is 10.7 Å². The summed E-state index contributed by atoms with van der Waals surface area (Å²) in [7, 11) is 1.79. The molecule has 5 nitrogen and oxygen atoms in total. The van der Waals surface area contributed by atoms with E-state index in [1.54, 1.807) is 29.2 Å². The molecule has 0 unspecified atom stereocenters. The SMILES string of the molecule is CN1C(=O)N(c2ncc(C#Cc3ccccc3)cn2)CC1(C)C. The number of nitrogens with zero attached hydrogens (tertiary/aromatic N) is 4. The fraction of sp³-hybridized carbons (Fsp3) is 0.278. The van der Waals surface area contributed by atoms with Gasteiger partial charge >= 0.3 is 6.03 Å². The Morgan fingerprint density at radius 3 is 2.22 bits per heavy atom. The van der Waals surface area contributed by atoms with Crippen LogP contribution < -0.4 is 4.90 Å². The Balaban J connectivity index is 1.79. The molecule has 0 aliphatic carbocycles. The lowest BCUT2D eigenvalue weighted by Gasteiger charge is -2.24. The topological polar surface area (TPSA) is 49.3 Å². The van der Waals surface area contributed by atoms with Gasteiger partial charge in [-0.2, -0.15) is 0 Å². The molecule has 0 radical (unpaired) electrons. The molecular weight excluding hydrogens is 288 g/mol. The van der Waals surface area contributed by atoms with Gasteiger partial charge in [-0.05, 0) is 26.0 Å². The van der Waals surface area contributed by atoms with Crippen molar-refractivity contribution in [2.45, 2.75) is 19.4 Å². The van der Waals surface area contributed by atoms with E-state index in [1.165, 1.54) is 0 Å². The largest absolute Gasteiger partial charge is 0.327 e. The summed E-state index contributed by atoms with van der Waals surface area (Å²) < 4.78 is 0. The molecule has 5 heteroatoms. The highest BCUT2D eigenvalue weighted by Gasteiger charge is 2.42. The molecule has 23 heavy (non-hydrogen) atoms. The number of hydrogen-bond acceptors (Lipinski definition) is 3. The summed E-state index contributed by atoms with van der Waals surface area (Å²) in [6.45, 7) is 4.60. The van der Waals surface area contributed by atoms with Crippen molar-refractivity contribution in [3.63, 3.8) is 0 Å². The lowest BCUT2D eigenvalue weighted by Crippen LogP contribution is -2.38. The molecule has 0 atom stereocenters. The van der Waals surface area contributed by atoms with Crippen molar-refractivity contribution in [2.24, 2.45) is 0 Å². The second-order valence-electron chi connectivity index (χ2n) is 6.13. The Labute approximate surface area is 136 Å². The maximum absolute atomic E-state index is 12.3. The normalized spacial score (nSPS) is 16.2. The van der Waals surface area contributed by atoms with Crippen LogP contribution in [0.25, 0.3) is 0 Å². The van der Waals surface area contributed by atoms with Gasteiger partial charge in [-0.3, -0.25) is 4.90 Å². The molecular formula is C18H18N4O. The molecule has 0 bridgehead atoms. The molecule has 2 aromatic rings. The van der Waals surface area contributed by atoms with E-state index in [2.05, 4.69) is 21.8 Å². The number of carbonyl (C=O) groups is 1. The Kier molecular flexibility index (Phi) is 3.75. The van der Waals surface area contributed by atoms with Crippen LogP contribution in [-0.2, 0) is 0 Å².